The second-order valence-corrected chi connectivity index (χ2v) is 8.26. The number of nitrogens with one attached hydrogen (secondary N) is 1. The normalized spacial score (nSPS) is 17.7. The summed E-state index contributed by atoms with van der Waals surface area (Å²) >= 11 is 0. The number of amides is 1. The zero-order valence-electron chi connectivity index (χ0n) is 15.5. The lowest BCUT2D eigenvalue weighted by atomic mass is 10.2. The van der Waals surface area contributed by atoms with Gasteiger partial charge in [0.25, 0.3) is 0 Å². The second-order valence-electron chi connectivity index (χ2n) is 6.37. The van der Waals surface area contributed by atoms with Gasteiger partial charge < -0.3 is 20.4 Å². The van der Waals surface area contributed by atoms with Crippen LogP contribution in [0, 0.1) is 0 Å². The minimum atomic E-state index is -3.89. The fourth-order valence-corrected chi connectivity index (χ4v) is 4.56. The van der Waals surface area contributed by atoms with E-state index >= 15 is 0 Å². The Morgan fingerprint density at radius 1 is 1.24 bits per heavy atom. The Kier molecular flexibility index (Phi) is 6.11. The summed E-state index contributed by atoms with van der Waals surface area (Å²) in [7, 11) is -3.89. The van der Waals surface area contributed by atoms with Crippen molar-refractivity contribution in [3.63, 3.8) is 0 Å². The van der Waals surface area contributed by atoms with Crippen molar-refractivity contribution in [2.45, 2.75) is 10.9 Å². The van der Waals surface area contributed by atoms with Crippen LogP contribution < -0.4 is 5.32 Å². The van der Waals surface area contributed by atoms with E-state index in [1.807, 2.05) is 0 Å². The van der Waals surface area contributed by atoms with Gasteiger partial charge in [-0.15, -0.1) is 0 Å². The molecule has 1 saturated heterocycles. The maximum absolute atomic E-state index is 13.0. The molecule has 0 aliphatic carbocycles. The maximum atomic E-state index is 13.0. The summed E-state index contributed by atoms with van der Waals surface area (Å²) in [5.41, 5.74) is 1.38. The molecule has 1 aliphatic heterocycles. The van der Waals surface area contributed by atoms with E-state index in [9.17, 15) is 18.3 Å². The molecule has 3 N–H and O–H groups in total. The zero-order valence-corrected chi connectivity index (χ0v) is 16.3. The van der Waals surface area contributed by atoms with Crippen LogP contribution in [-0.4, -0.2) is 76.2 Å². The maximum Gasteiger partial charge on any atom is 0.407 e. The molecule has 1 fully saturated rings. The fraction of sp³-hybridized carbons (Fsp3) is 0.278. The fourth-order valence-electron chi connectivity index (χ4n) is 2.96. The van der Waals surface area contributed by atoms with Crippen LogP contribution in [0.3, 0.4) is 0 Å². The van der Waals surface area contributed by atoms with Crippen molar-refractivity contribution >= 4 is 33.8 Å². The first-order valence-electron chi connectivity index (χ1n) is 8.77. The third-order valence-corrected chi connectivity index (χ3v) is 6.50. The van der Waals surface area contributed by atoms with E-state index in [4.69, 9.17) is 5.11 Å². The molecule has 1 aromatic carbocycles. The van der Waals surface area contributed by atoms with Crippen molar-refractivity contribution in [2.24, 2.45) is 0 Å². The lowest BCUT2D eigenvalue weighted by Gasteiger charge is -2.38. The van der Waals surface area contributed by atoms with Gasteiger partial charge in [-0.2, -0.15) is 4.31 Å². The highest BCUT2D eigenvalue weighted by atomic mass is 32.2. The summed E-state index contributed by atoms with van der Waals surface area (Å²) in [5, 5.41) is 21.6. The first-order valence-corrected chi connectivity index (χ1v) is 10.2. The van der Waals surface area contributed by atoms with Gasteiger partial charge >= 0.3 is 6.09 Å². The van der Waals surface area contributed by atoms with Crippen molar-refractivity contribution < 1.29 is 23.4 Å². The minimum absolute atomic E-state index is 0.0245. The third kappa shape index (κ3) is 4.53. The lowest BCUT2D eigenvalue weighted by Crippen LogP contribution is -2.57. The number of hydrogen-bond acceptors (Lipinski definition) is 7. The van der Waals surface area contributed by atoms with Crippen molar-refractivity contribution in [1.29, 1.82) is 0 Å². The summed E-state index contributed by atoms with van der Waals surface area (Å²) in [6.07, 6.45) is 3.69. The van der Waals surface area contributed by atoms with E-state index in [1.165, 1.54) is 12.1 Å². The number of aliphatic hydroxyl groups excluding tert-OH is 1. The van der Waals surface area contributed by atoms with Crippen LogP contribution in [0.15, 0.2) is 48.1 Å². The highest BCUT2D eigenvalue weighted by molar-refractivity contribution is 7.89. The van der Waals surface area contributed by atoms with Gasteiger partial charge in [-0.3, -0.25) is 0 Å². The Morgan fingerprint density at radius 2 is 1.90 bits per heavy atom. The van der Waals surface area contributed by atoms with Gasteiger partial charge in [0.05, 0.1) is 17.5 Å². The molecule has 1 amide bonds. The molecule has 3 rings (SSSR count). The van der Waals surface area contributed by atoms with Gasteiger partial charge in [-0.25, -0.2) is 23.2 Å². The number of carbonyl (C=O) groups is 1. The van der Waals surface area contributed by atoms with Crippen LogP contribution in [0.5, 0.6) is 0 Å². The molecule has 2 heterocycles. The van der Waals surface area contributed by atoms with Gasteiger partial charge in [0.2, 0.25) is 16.0 Å². The van der Waals surface area contributed by atoms with E-state index < -0.39 is 28.8 Å². The number of piperazine rings is 1. The quantitative estimate of drug-likeness (QED) is 0.636. The third-order valence-electron chi connectivity index (χ3n) is 4.53. The van der Waals surface area contributed by atoms with Crippen LogP contribution in [0.2, 0.25) is 0 Å². The van der Waals surface area contributed by atoms with Gasteiger partial charge in [0, 0.05) is 43.3 Å². The molecule has 0 bridgehead atoms. The van der Waals surface area contributed by atoms with Gasteiger partial charge in [0.15, 0.2) is 0 Å². The number of sulfonamides is 1. The first kappa shape index (κ1) is 20.7. The number of aromatic nitrogens is 2. The number of rotatable bonds is 6. The van der Waals surface area contributed by atoms with Crippen LogP contribution in [0.25, 0.3) is 6.08 Å². The summed E-state index contributed by atoms with van der Waals surface area (Å²) in [6.45, 7) is 3.10. The molecular weight excluding hydrogens is 398 g/mol. The van der Waals surface area contributed by atoms with Crippen LogP contribution in [0.1, 0.15) is 5.56 Å². The molecule has 0 saturated carbocycles. The molecule has 0 radical (unpaired) electrons. The number of carboxylic acid groups (broad SMARTS) is 1. The summed E-state index contributed by atoms with van der Waals surface area (Å²) in [6, 6.07) is 5.21. The van der Waals surface area contributed by atoms with Gasteiger partial charge in [0.1, 0.15) is 0 Å². The number of benzene rings is 1. The zero-order chi connectivity index (χ0) is 21.0. The van der Waals surface area contributed by atoms with E-state index in [1.54, 1.807) is 30.6 Å². The average Bonchev–Trinajstić information content (AvgIpc) is 2.74. The van der Waals surface area contributed by atoms with Crippen molar-refractivity contribution in [2.75, 3.05) is 31.6 Å². The predicted molar refractivity (Wildman–Crippen MR) is 106 cm³/mol. The van der Waals surface area contributed by atoms with E-state index in [-0.39, 0.29) is 24.5 Å². The summed E-state index contributed by atoms with van der Waals surface area (Å²) in [5.74, 6) is 0.358. The van der Waals surface area contributed by atoms with E-state index in [0.29, 0.717) is 11.6 Å². The van der Waals surface area contributed by atoms with Crippen LogP contribution >= 0.6 is 0 Å². The number of aliphatic hydroxyl groups is 1. The highest BCUT2D eigenvalue weighted by Gasteiger charge is 2.37. The summed E-state index contributed by atoms with van der Waals surface area (Å²) in [4.78, 5) is 20.5. The first-order chi connectivity index (χ1) is 13.8. The van der Waals surface area contributed by atoms with Crippen LogP contribution in [0.4, 0.5) is 16.4 Å². The smallest absolute Gasteiger partial charge is 0.407 e. The summed E-state index contributed by atoms with van der Waals surface area (Å²) < 4.78 is 27.1. The Labute approximate surface area is 168 Å². The van der Waals surface area contributed by atoms with Crippen molar-refractivity contribution in [1.82, 2.24) is 19.2 Å². The SMILES string of the molecule is C=Cc1cnc(Nc2ccc(S(=O)(=O)N3CCN(C(=O)O)CC3CO)cc2)nc1. The Balaban J connectivity index is 1.75. The molecular formula is C18H21N5O5S. The Hall–Kier alpha value is -3.02. The minimum Gasteiger partial charge on any atom is -0.465 e. The second kappa shape index (κ2) is 8.55. The highest BCUT2D eigenvalue weighted by Crippen LogP contribution is 2.23. The standard InChI is InChI=1S/C18H21N5O5S/c1-2-13-9-19-17(20-10-13)21-14-3-5-16(6-4-14)29(27,28)23-8-7-22(18(25)26)11-15(23)12-24/h2-6,9-10,15,24H,1,7-8,11-12H2,(H,25,26)(H,19,20,21). The molecule has 154 valence electrons. The van der Waals surface area contributed by atoms with Crippen molar-refractivity contribution in [3.05, 3.63) is 48.8 Å². The molecule has 29 heavy (non-hydrogen) atoms. The molecule has 2 aromatic rings. The topological polar surface area (TPSA) is 136 Å². The average molecular weight is 419 g/mol. The van der Waals surface area contributed by atoms with Crippen molar-refractivity contribution in [3.8, 4) is 0 Å². The van der Waals surface area contributed by atoms with E-state index in [2.05, 4.69) is 21.9 Å². The number of hydrogen-bond donors (Lipinski definition) is 3. The molecule has 1 aliphatic rings. The molecule has 10 nitrogen and oxygen atoms in total. The van der Waals surface area contributed by atoms with Gasteiger partial charge in [-0.05, 0) is 24.3 Å². The van der Waals surface area contributed by atoms with E-state index in [0.717, 1.165) is 14.8 Å². The predicted octanol–water partition coefficient (Wildman–Crippen LogP) is 1.21. The number of nitrogens with zero attached hydrogens (tertiary/aromatic N) is 4. The monoisotopic (exact) mass is 419 g/mol. The molecule has 1 unspecified atom stereocenters. The Morgan fingerprint density at radius 3 is 2.45 bits per heavy atom. The molecule has 0 spiro atoms. The lowest BCUT2D eigenvalue weighted by molar-refractivity contribution is 0.0817. The van der Waals surface area contributed by atoms with Gasteiger partial charge in [-0.1, -0.05) is 12.7 Å². The molecule has 1 aromatic heterocycles. The molecule has 11 heteroatoms. The van der Waals surface area contributed by atoms with Crippen LogP contribution in [-0.2, 0) is 10.0 Å². The molecule has 1 atom stereocenters. The largest absolute Gasteiger partial charge is 0.465 e. The Bertz CT molecular complexity index is 979. The number of anilines is 2.